The van der Waals surface area contributed by atoms with E-state index in [2.05, 4.69) is 25.5 Å². The van der Waals surface area contributed by atoms with Gasteiger partial charge in [-0.15, -0.1) is 16.4 Å². The molecule has 0 aliphatic carbocycles. The van der Waals surface area contributed by atoms with Crippen molar-refractivity contribution in [3.63, 3.8) is 0 Å². The summed E-state index contributed by atoms with van der Waals surface area (Å²) in [5, 5.41) is 11.8. The van der Waals surface area contributed by atoms with E-state index in [0.29, 0.717) is 28.5 Å². The minimum Gasteiger partial charge on any atom is -0.397 e. The van der Waals surface area contributed by atoms with Crippen molar-refractivity contribution in [2.75, 3.05) is 23.7 Å². The summed E-state index contributed by atoms with van der Waals surface area (Å²) in [6.07, 6.45) is -2.98. The number of nitrogens with two attached hydrogens (primary N) is 1. The van der Waals surface area contributed by atoms with E-state index >= 15 is 0 Å². The number of aromatic nitrogens is 4. The summed E-state index contributed by atoms with van der Waals surface area (Å²) in [5.41, 5.74) is 7.28. The van der Waals surface area contributed by atoms with Crippen LogP contribution in [0.25, 0.3) is 10.2 Å². The number of halogens is 3. The molecule has 0 saturated carbocycles. The van der Waals surface area contributed by atoms with Crippen LogP contribution in [0.3, 0.4) is 0 Å². The third-order valence-corrected chi connectivity index (χ3v) is 5.90. The SMILES string of the molecule is Cc1nnc2sc(C(=O)NC3CN(c4ncc(C(F)(F)F)cn4)C3)c(N)c2c1C. The molecule has 0 atom stereocenters. The summed E-state index contributed by atoms with van der Waals surface area (Å²) >= 11 is 1.18. The molecule has 29 heavy (non-hydrogen) atoms. The molecule has 0 unspecified atom stereocenters. The van der Waals surface area contributed by atoms with Crippen LogP contribution in [0.4, 0.5) is 24.8 Å². The Hall–Kier alpha value is -3.02. The van der Waals surface area contributed by atoms with Gasteiger partial charge >= 0.3 is 6.18 Å². The molecular formula is C17H16F3N7OS. The molecule has 0 spiro atoms. The van der Waals surface area contributed by atoms with Crippen LogP contribution in [0.5, 0.6) is 0 Å². The number of nitrogens with one attached hydrogen (secondary N) is 1. The van der Waals surface area contributed by atoms with Crippen LogP contribution in [-0.2, 0) is 6.18 Å². The van der Waals surface area contributed by atoms with E-state index in [1.165, 1.54) is 11.3 Å². The lowest BCUT2D eigenvalue weighted by atomic mass is 10.1. The molecule has 1 aliphatic rings. The van der Waals surface area contributed by atoms with Crippen LogP contribution < -0.4 is 16.0 Å². The Labute approximate surface area is 167 Å². The van der Waals surface area contributed by atoms with Gasteiger partial charge in [-0.2, -0.15) is 18.3 Å². The zero-order chi connectivity index (χ0) is 20.9. The smallest absolute Gasteiger partial charge is 0.397 e. The van der Waals surface area contributed by atoms with E-state index in [0.717, 1.165) is 29.0 Å². The molecule has 3 aromatic heterocycles. The second-order valence-electron chi connectivity index (χ2n) is 6.78. The highest BCUT2D eigenvalue weighted by Crippen LogP contribution is 2.35. The van der Waals surface area contributed by atoms with Gasteiger partial charge in [0, 0.05) is 30.9 Å². The molecule has 4 rings (SSSR count). The Bertz CT molecular complexity index is 1090. The maximum absolute atomic E-state index is 12.6. The predicted molar refractivity (Wildman–Crippen MR) is 102 cm³/mol. The molecule has 3 N–H and O–H groups in total. The van der Waals surface area contributed by atoms with E-state index in [-0.39, 0.29) is 17.9 Å². The number of aryl methyl sites for hydroxylation is 2. The average molecular weight is 423 g/mol. The van der Waals surface area contributed by atoms with Gasteiger partial charge in [-0.3, -0.25) is 4.79 Å². The van der Waals surface area contributed by atoms with Gasteiger partial charge in [0.1, 0.15) is 9.71 Å². The lowest BCUT2D eigenvalue weighted by Gasteiger charge is -2.39. The van der Waals surface area contributed by atoms with Crippen LogP contribution in [0.1, 0.15) is 26.5 Å². The van der Waals surface area contributed by atoms with E-state index in [1.54, 1.807) is 4.90 Å². The molecule has 8 nitrogen and oxygen atoms in total. The fraction of sp³-hybridized carbons (Fsp3) is 0.353. The fourth-order valence-corrected chi connectivity index (χ4v) is 4.03. The van der Waals surface area contributed by atoms with E-state index in [9.17, 15) is 18.0 Å². The van der Waals surface area contributed by atoms with Gasteiger partial charge in [0.15, 0.2) is 0 Å². The van der Waals surface area contributed by atoms with Crippen LogP contribution in [0.2, 0.25) is 0 Å². The van der Waals surface area contributed by atoms with E-state index < -0.39 is 11.7 Å². The van der Waals surface area contributed by atoms with Gasteiger partial charge in [-0.05, 0) is 19.4 Å². The molecule has 0 bridgehead atoms. The fourth-order valence-electron chi connectivity index (χ4n) is 3.02. The summed E-state index contributed by atoms with van der Waals surface area (Å²) in [5.74, 6) is -0.133. The molecule has 1 aliphatic heterocycles. The number of amides is 1. The minimum absolute atomic E-state index is 0.186. The van der Waals surface area contributed by atoms with Crippen molar-refractivity contribution >= 4 is 39.1 Å². The molecule has 4 heterocycles. The van der Waals surface area contributed by atoms with E-state index in [4.69, 9.17) is 5.73 Å². The maximum atomic E-state index is 12.6. The zero-order valence-electron chi connectivity index (χ0n) is 15.4. The third-order valence-electron chi connectivity index (χ3n) is 4.81. The summed E-state index contributed by atoms with van der Waals surface area (Å²) in [6.45, 7) is 4.48. The minimum atomic E-state index is -4.48. The lowest BCUT2D eigenvalue weighted by Crippen LogP contribution is -2.59. The number of nitrogens with zero attached hydrogens (tertiary/aromatic N) is 5. The summed E-state index contributed by atoms with van der Waals surface area (Å²) < 4.78 is 37.7. The maximum Gasteiger partial charge on any atom is 0.419 e. The molecular weight excluding hydrogens is 407 g/mol. The van der Waals surface area contributed by atoms with Crippen molar-refractivity contribution in [2.45, 2.75) is 26.1 Å². The first-order chi connectivity index (χ1) is 13.6. The number of alkyl halides is 3. The quantitative estimate of drug-likeness (QED) is 0.665. The topological polar surface area (TPSA) is 110 Å². The number of carbonyl (C=O) groups excluding carboxylic acids is 1. The van der Waals surface area contributed by atoms with Gasteiger partial charge in [-0.1, -0.05) is 0 Å². The number of fused-ring (bicyclic) bond motifs is 1. The Balaban J connectivity index is 1.42. The molecule has 12 heteroatoms. The molecule has 3 aromatic rings. The Kier molecular flexibility index (Phi) is 4.52. The molecule has 1 amide bonds. The predicted octanol–water partition coefficient (Wildman–Crippen LogP) is 2.32. The number of nitrogen functional groups attached to an aromatic ring is 1. The van der Waals surface area contributed by atoms with Gasteiger partial charge in [0.2, 0.25) is 5.95 Å². The second kappa shape index (κ2) is 6.79. The van der Waals surface area contributed by atoms with Crippen molar-refractivity contribution < 1.29 is 18.0 Å². The molecule has 0 radical (unpaired) electrons. The summed E-state index contributed by atoms with van der Waals surface area (Å²) in [6, 6.07) is -0.188. The van der Waals surface area contributed by atoms with Crippen LogP contribution >= 0.6 is 11.3 Å². The Morgan fingerprint density at radius 2 is 1.90 bits per heavy atom. The van der Waals surface area contributed by atoms with E-state index in [1.807, 2.05) is 13.8 Å². The second-order valence-corrected chi connectivity index (χ2v) is 7.78. The van der Waals surface area contributed by atoms with Crippen molar-refractivity contribution in [2.24, 2.45) is 0 Å². The standard InChI is InChI=1S/C17H16F3N7OS/c1-7-8(2)25-26-15-11(7)12(21)13(29-15)14(28)24-10-5-27(6-10)16-22-3-9(4-23-16)17(18,19)20/h3-4,10H,5-6,21H2,1-2H3,(H,24,28). The van der Waals surface area contributed by atoms with Gasteiger partial charge in [-0.25, -0.2) is 9.97 Å². The van der Waals surface area contributed by atoms with Crippen molar-refractivity contribution in [3.05, 3.63) is 34.1 Å². The zero-order valence-corrected chi connectivity index (χ0v) is 16.2. The number of rotatable bonds is 3. The highest BCUT2D eigenvalue weighted by atomic mass is 32.1. The molecule has 152 valence electrons. The largest absolute Gasteiger partial charge is 0.419 e. The summed E-state index contributed by atoms with van der Waals surface area (Å²) in [4.78, 5) is 22.8. The number of hydrogen-bond donors (Lipinski definition) is 2. The highest BCUT2D eigenvalue weighted by Gasteiger charge is 2.34. The first-order valence-corrected chi connectivity index (χ1v) is 9.43. The first kappa shape index (κ1) is 19.3. The van der Waals surface area contributed by atoms with Crippen molar-refractivity contribution in [1.82, 2.24) is 25.5 Å². The van der Waals surface area contributed by atoms with Gasteiger partial charge < -0.3 is 16.0 Å². The molecule has 1 fully saturated rings. The first-order valence-electron chi connectivity index (χ1n) is 8.62. The highest BCUT2D eigenvalue weighted by molar-refractivity contribution is 7.21. The van der Waals surface area contributed by atoms with Crippen LogP contribution in [0.15, 0.2) is 12.4 Å². The van der Waals surface area contributed by atoms with Crippen LogP contribution in [-0.4, -0.2) is 45.2 Å². The normalized spacial score (nSPS) is 14.9. The van der Waals surface area contributed by atoms with Gasteiger partial charge in [0.05, 0.1) is 23.0 Å². The van der Waals surface area contributed by atoms with Crippen molar-refractivity contribution in [1.29, 1.82) is 0 Å². The van der Waals surface area contributed by atoms with Crippen molar-refractivity contribution in [3.8, 4) is 0 Å². The van der Waals surface area contributed by atoms with Crippen LogP contribution in [0, 0.1) is 13.8 Å². The molecule has 1 saturated heterocycles. The number of thiophene rings is 1. The number of carbonyl (C=O) groups is 1. The number of anilines is 2. The lowest BCUT2D eigenvalue weighted by molar-refractivity contribution is -0.138. The molecule has 0 aromatic carbocycles. The Morgan fingerprint density at radius 1 is 1.24 bits per heavy atom. The third kappa shape index (κ3) is 3.43. The average Bonchev–Trinajstić information content (AvgIpc) is 2.97. The monoisotopic (exact) mass is 423 g/mol. The van der Waals surface area contributed by atoms with Gasteiger partial charge in [0.25, 0.3) is 5.91 Å². The number of hydrogen-bond acceptors (Lipinski definition) is 8. The summed E-state index contributed by atoms with van der Waals surface area (Å²) in [7, 11) is 0. The Morgan fingerprint density at radius 3 is 2.52 bits per heavy atom.